The molecular formula is C54H37NSSi. The fourth-order valence-electron chi connectivity index (χ4n) is 9.23. The van der Waals surface area contributed by atoms with Crippen LogP contribution in [0.2, 0.25) is 0 Å². The lowest BCUT2D eigenvalue weighted by Gasteiger charge is -2.35. The molecule has 0 aliphatic carbocycles. The van der Waals surface area contributed by atoms with Gasteiger partial charge in [0.05, 0.1) is 11.0 Å². The quantitative estimate of drug-likeness (QED) is 0.113. The normalized spacial score (nSPS) is 11.9. The zero-order valence-corrected chi connectivity index (χ0v) is 33.0. The maximum absolute atomic E-state index is 2.87. The van der Waals surface area contributed by atoms with Crippen molar-refractivity contribution in [2.45, 2.75) is 0 Å². The molecule has 0 aliphatic rings. The number of rotatable bonds is 7. The fraction of sp³-hybridized carbons (Fsp3) is 0. The van der Waals surface area contributed by atoms with Crippen molar-refractivity contribution in [3.63, 3.8) is 0 Å². The van der Waals surface area contributed by atoms with Gasteiger partial charge in [0.15, 0.2) is 8.07 Å². The van der Waals surface area contributed by atoms with Gasteiger partial charge in [-0.3, -0.25) is 0 Å². The van der Waals surface area contributed by atoms with Crippen LogP contribution in [0.25, 0.3) is 69.9 Å². The molecule has 0 atom stereocenters. The van der Waals surface area contributed by atoms with Crippen LogP contribution in [0.15, 0.2) is 224 Å². The Labute approximate surface area is 337 Å². The molecule has 0 N–H and O–H groups in total. The van der Waals surface area contributed by atoms with Gasteiger partial charge in [-0.15, -0.1) is 11.3 Å². The maximum atomic E-state index is 2.50. The third kappa shape index (κ3) is 5.43. The summed E-state index contributed by atoms with van der Waals surface area (Å²) in [6.07, 6.45) is 0. The van der Waals surface area contributed by atoms with Gasteiger partial charge in [0.1, 0.15) is 0 Å². The highest BCUT2D eigenvalue weighted by atomic mass is 32.1. The van der Waals surface area contributed by atoms with E-state index in [1.165, 1.54) is 85.0 Å². The van der Waals surface area contributed by atoms with Crippen LogP contribution in [0.1, 0.15) is 0 Å². The van der Waals surface area contributed by atoms with Crippen LogP contribution in [0.4, 0.5) is 0 Å². The Hall–Kier alpha value is -6.78. The Morgan fingerprint density at radius 2 is 0.807 bits per heavy atom. The van der Waals surface area contributed by atoms with Crippen molar-refractivity contribution < 1.29 is 0 Å². The van der Waals surface area contributed by atoms with Crippen LogP contribution < -0.4 is 20.7 Å². The van der Waals surface area contributed by atoms with Crippen LogP contribution in [0, 0.1) is 0 Å². The van der Waals surface area contributed by atoms with E-state index in [2.05, 4.69) is 229 Å². The Balaban J connectivity index is 1.12. The Morgan fingerprint density at radius 1 is 0.333 bits per heavy atom. The fourth-order valence-corrected chi connectivity index (χ4v) is 15.3. The van der Waals surface area contributed by atoms with Gasteiger partial charge in [0, 0.05) is 36.6 Å². The highest BCUT2D eigenvalue weighted by Crippen LogP contribution is 2.40. The number of benzene rings is 9. The molecule has 1 nitrogen and oxygen atoms in total. The molecule has 0 saturated heterocycles. The molecule has 268 valence electrons. The molecule has 3 heteroatoms. The van der Waals surface area contributed by atoms with Gasteiger partial charge in [0.25, 0.3) is 0 Å². The summed E-state index contributed by atoms with van der Waals surface area (Å²) in [4.78, 5) is 0. The molecular weight excluding hydrogens is 723 g/mol. The Kier molecular flexibility index (Phi) is 8.09. The van der Waals surface area contributed by atoms with E-state index in [1.807, 2.05) is 11.3 Å². The highest BCUT2D eigenvalue weighted by molar-refractivity contribution is 7.26. The van der Waals surface area contributed by atoms with E-state index < -0.39 is 8.07 Å². The second-order valence-electron chi connectivity index (χ2n) is 14.8. The number of fused-ring (bicyclic) bond motifs is 6. The maximum Gasteiger partial charge on any atom is 0.179 e. The largest absolute Gasteiger partial charge is 0.309 e. The summed E-state index contributed by atoms with van der Waals surface area (Å²) in [5.74, 6) is 0. The average Bonchev–Trinajstić information content (AvgIpc) is 3.84. The molecule has 11 aromatic rings. The smallest absolute Gasteiger partial charge is 0.179 e. The van der Waals surface area contributed by atoms with Crippen LogP contribution >= 0.6 is 11.3 Å². The topological polar surface area (TPSA) is 4.93 Å². The minimum absolute atomic E-state index is 1.16. The van der Waals surface area contributed by atoms with E-state index >= 15 is 0 Å². The number of para-hydroxylation sites is 2. The number of hydrogen-bond acceptors (Lipinski definition) is 1. The summed E-state index contributed by atoms with van der Waals surface area (Å²) < 4.78 is 5.08. The monoisotopic (exact) mass is 759 g/mol. The van der Waals surface area contributed by atoms with Crippen molar-refractivity contribution in [3.8, 4) is 27.9 Å². The van der Waals surface area contributed by atoms with Crippen molar-refractivity contribution in [2.75, 3.05) is 0 Å². The van der Waals surface area contributed by atoms with Crippen LogP contribution in [-0.4, -0.2) is 12.6 Å². The minimum atomic E-state index is -2.87. The van der Waals surface area contributed by atoms with Crippen molar-refractivity contribution in [1.29, 1.82) is 0 Å². The summed E-state index contributed by atoms with van der Waals surface area (Å²) in [6, 6.07) is 83.6. The zero-order chi connectivity index (χ0) is 37.8. The summed E-state index contributed by atoms with van der Waals surface area (Å²) in [5.41, 5.74) is 8.55. The van der Waals surface area contributed by atoms with Crippen molar-refractivity contribution in [1.82, 2.24) is 4.57 Å². The first kappa shape index (κ1) is 33.5. The van der Waals surface area contributed by atoms with Crippen LogP contribution in [0.3, 0.4) is 0 Å². The SMILES string of the molecule is c1ccc([Si](c2ccccc2)(c2cccc(-c3cccc(-n4c5ccccc5c5ccccc54)c3)c2)c2cccc(-c3cccc4c3sc3ccccc34)c2)cc1. The zero-order valence-electron chi connectivity index (χ0n) is 31.2. The molecule has 0 unspecified atom stereocenters. The number of nitrogens with zero attached hydrogens (tertiary/aromatic N) is 1. The summed E-state index contributed by atoms with van der Waals surface area (Å²) in [7, 11) is -2.87. The summed E-state index contributed by atoms with van der Waals surface area (Å²) in [6.45, 7) is 0. The predicted molar refractivity (Wildman–Crippen MR) is 248 cm³/mol. The van der Waals surface area contributed by atoms with E-state index in [0.29, 0.717) is 0 Å². The van der Waals surface area contributed by atoms with Crippen LogP contribution in [-0.2, 0) is 0 Å². The molecule has 0 saturated carbocycles. The lowest BCUT2D eigenvalue weighted by atomic mass is 10.0. The van der Waals surface area contributed by atoms with Crippen LogP contribution in [0.5, 0.6) is 0 Å². The first-order chi connectivity index (χ1) is 28.3. The van der Waals surface area contributed by atoms with E-state index in [1.54, 1.807) is 0 Å². The van der Waals surface area contributed by atoms with Gasteiger partial charge in [0.2, 0.25) is 0 Å². The van der Waals surface area contributed by atoms with E-state index in [0.717, 1.165) is 5.69 Å². The van der Waals surface area contributed by atoms with Crippen molar-refractivity contribution >= 4 is 82.1 Å². The predicted octanol–water partition coefficient (Wildman–Crippen LogP) is 11.9. The molecule has 9 aromatic carbocycles. The van der Waals surface area contributed by atoms with Gasteiger partial charge in [-0.25, -0.2) is 0 Å². The molecule has 0 spiro atoms. The number of aromatic nitrogens is 1. The molecule has 2 aromatic heterocycles. The third-order valence-corrected chi connectivity index (χ3v) is 17.7. The second kappa shape index (κ2) is 13.8. The molecule has 0 aliphatic heterocycles. The van der Waals surface area contributed by atoms with Crippen molar-refractivity contribution in [3.05, 3.63) is 224 Å². The van der Waals surface area contributed by atoms with Gasteiger partial charge in [-0.2, -0.15) is 0 Å². The van der Waals surface area contributed by atoms with E-state index in [-0.39, 0.29) is 0 Å². The lowest BCUT2D eigenvalue weighted by molar-refractivity contribution is 1.18. The van der Waals surface area contributed by atoms with Gasteiger partial charge < -0.3 is 4.57 Å². The molecule has 0 bridgehead atoms. The van der Waals surface area contributed by atoms with Gasteiger partial charge in [-0.1, -0.05) is 194 Å². The molecule has 0 radical (unpaired) electrons. The first-order valence-corrected chi connectivity index (χ1v) is 22.4. The van der Waals surface area contributed by atoms with E-state index in [4.69, 9.17) is 0 Å². The summed E-state index contributed by atoms with van der Waals surface area (Å²) >= 11 is 1.90. The minimum Gasteiger partial charge on any atom is -0.309 e. The van der Waals surface area contributed by atoms with Gasteiger partial charge in [-0.05, 0) is 73.3 Å². The highest BCUT2D eigenvalue weighted by Gasteiger charge is 2.41. The third-order valence-electron chi connectivity index (χ3n) is 11.7. The molecule has 0 amide bonds. The average molecular weight is 760 g/mol. The molecule has 0 fully saturated rings. The number of thiophene rings is 1. The van der Waals surface area contributed by atoms with Gasteiger partial charge >= 0.3 is 0 Å². The Morgan fingerprint density at radius 3 is 1.47 bits per heavy atom. The Bertz CT molecular complexity index is 3160. The standard InChI is InChI=1S/C54H37NSSi/c1-3-21-42(22-4-1)57(43-23-5-2-6-24-43,45-26-15-19-40(37-45)46-30-16-31-50-49-29-9-12-34-53(49)56-54(46)50)44-25-14-18-39(36-44)38-17-13-20-41(35-38)55-51-32-10-7-27-47(51)48-28-8-11-33-52(48)55/h1-37H. The number of hydrogen-bond donors (Lipinski definition) is 0. The molecule has 57 heavy (non-hydrogen) atoms. The molecule has 11 rings (SSSR count). The molecule has 2 heterocycles. The van der Waals surface area contributed by atoms with Crippen molar-refractivity contribution in [2.24, 2.45) is 0 Å². The first-order valence-electron chi connectivity index (χ1n) is 19.6. The summed E-state index contributed by atoms with van der Waals surface area (Å²) in [5, 5.41) is 10.6. The van der Waals surface area contributed by atoms with E-state index in [9.17, 15) is 0 Å². The second-order valence-corrected chi connectivity index (χ2v) is 19.7. The lowest BCUT2D eigenvalue weighted by Crippen LogP contribution is -2.74.